The van der Waals surface area contributed by atoms with Crippen molar-refractivity contribution >= 4 is 11.8 Å². The summed E-state index contributed by atoms with van der Waals surface area (Å²) in [7, 11) is 1.53. The van der Waals surface area contributed by atoms with Crippen molar-refractivity contribution in [1.29, 1.82) is 0 Å². The smallest absolute Gasteiger partial charge is 0.242 e. The molecular formula is C13H18N2O3. The molecule has 1 rings (SSSR count). The van der Waals surface area contributed by atoms with Gasteiger partial charge in [0, 0.05) is 19.9 Å². The van der Waals surface area contributed by atoms with Gasteiger partial charge in [-0.1, -0.05) is 19.1 Å². The van der Waals surface area contributed by atoms with Gasteiger partial charge in [-0.25, -0.2) is 0 Å². The molecule has 18 heavy (non-hydrogen) atoms. The fraction of sp³-hybridized carbons (Fsp3) is 0.385. The van der Waals surface area contributed by atoms with Crippen molar-refractivity contribution in [1.82, 2.24) is 10.6 Å². The predicted molar refractivity (Wildman–Crippen MR) is 68.1 cm³/mol. The van der Waals surface area contributed by atoms with Crippen molar-refractivity contribution in [3.8, 4) is 5.75 Å². The normalized spacial score (nSPS) is 11.7. The molecule has 0 aliphatic rings. The van der Waals surface area contributed by atoms with Gasteiger partial charge in [-0.2, -0.15) is 0 Å². The number of likely N-dealkylation sites (N-methyl/N-ethyl adjacent to an activating group) is 1. The number of carbonyl (C=O) groups is 2. The second kappa shape index (κ2) is 6.64. The van der Waals surface area contributed by atoms with Crippen LogP contribution in [0.5, 0.6) is 5.75 Å². The van der Waals surface area contributed by atoms with Crippen LogP contribution in [0.2, 0.25) is 0 Å². The van der Waals surface area contributed by atoms with Gasteiger partial charge in [0.1, 0.15) is 11.8 Å². The number of phenols is 1. The molecule has 0 aliphatic carbocycles. The van der Waals surface area contributed by atoms with Crippen LogP contribution in [0.15, 0.2) is 24.3 Å². The molecular weight excluding hydrogens is 232 g/mol. The Kier molecular flexibility index (Phi) is 5.17. The summed E-state index contributed by atoms with van der Waals surface area (Å²) in [6.07, 6.45) is 0.731. The van der Waals surface area contributed by atoms with Gasteiger partial charge in [0.25, 0.3) is 0 Å². The Hall–Kier alpha value is -2.04. The van der Waals surface area contributed by atoms with E-state index in [0.29, 0.717) is 12.8 Å². The Bertz CT molecular complexity index is 415. The zero-order chi connectivity index (χ0) is 13.5. The van der Waals surface area contributed by atoms with E-state index in [2.05, 4.69) is 10.6 Å². The minimum absolute atomic E-state index is 0.164. The first-order chi connectivity index (χ1) is 8.56. The molecule has 0 bridgehead atoms. The third-order valence-electron chi connectivity index (χ3n) is 2.60. The van der Waals surface area contributed by atoms with Gasteiger partial charge in [0.2, 0.25) is 11.8 Å². The van der Waals surface area contributed by atoms with Crippen molar-refractivity contribution in [3.05, 3.63) is 29.8 Å². The van der Waals surface area contributed by atoms with Gasteiger partial charge >= 0.3 is 0 Å². The summed E-state index contributed by atoms with van der Waals surface area (Å²) in [5.74, 6) is -0.222. The largest absolute Gasteiger partial charge is 0.508 e. The van der Waals surface area contributed by atoms with Crippen LogP contribution in [0.1, 0.15) is 18.9 Å². The number of hydrogen-bond acceptors (Lipinski definition) is 3. The highest BCUT2D eigenvalue weighted by molar-refractivity contribution is 5.87. The maximum atomic E-state index is 11.7. The molecule has 0 saturated carbocycles. The van der Waals surface area contributed by atoms with Crippen LogP contribution in [0.3, 0.4) is 0 Å². The molecule has 1 atom stereocenters. The van der Waals surface area contributed by atoms with E-state index < -0.39 is 6.04 Å². The molecule has 0 aromatic heterocycles. The van der Waals surface area contributed by atoms with E-state index in [1.807, 2.05) is 0 Å². The zero-order valence-electron chi connectivity index (χ0n) is 10.6. The second-order valence-electron chi connectivity index (χ2n) is 3.96. The molecule has 1 aromatic rings. The highest BCUT2D eigenvalue weighted by Crippen LogP contribution is 2.11. The summed E-state index contributed by atoms with van der Waals surface area (Å²) >= 11 is 0. The molecule has 2 amide bonds. The van der Waals surface area contributed by atoms with E-state index in [0.717, 1.165) is 5.56 Å². The molecule has 5 heteroatoms. The molecule has 0 saturated heterocycles. The number of benzene rings is 1. The first kappa shape index (κ1) is 14.0. The number of rotatable bonds is 5. The molecule has 1 unspecified atom stereocenters. The van der Waals surface area contributed by atoms with Crippen molar-refractivity contribution in [2.24, 2.45) is 0 Å². The van der Waals surface area contributed by atoms with Gasteiger partial charge in [-0.05, 0) is 17.7 Å². The van der Waals surface area contributed by atoms with Crippen molar-refractivity contribution < 1.29 is 14.7 Å². The zero-order valence-corrected chi connectivity index (χ0v) is 10.6. The number of nitrogens with one attached hydrogen (secondary N) is 2. The van der Waals surface area contributed by atoms with Crippen LogP contribution in [0.25, 0.3) is 0 Å². The molecule has 3 N–H and O–H groups in total. The highest BCUT2D eigenvalue weighted by Gasteiger charge is 2.19. The summed E-state index contributed by atoms with van der Waals surface area (Å²) in [4.78, 5) is 23.0. The van der Waals surface area contributed by atoms with Crippen molar-refractivity contribution in [2.45, 2.75) is 25.8 Å². The minimum atomic E-state index is -0.591. The van der Waals surface area contributed by atoms with E-state index >= 15 is 0 Å². The molecule has 0 heterocycles. The second-order valence-corrected chi connectivity index (χ2v) is 3.96. The van der Waals surface area contributed by atoms with E-state index in [-0.39, 0.29) is 17.6 Å². The number of aromatic hydroxyl groups is 1. The highest BCUT2D eigenvalue weighted by atomic mass is 16.3. The SMILES string of the molecule is CCC(=O)NC(Cc1ccc(O)cc1)C(=O)NC. The van der Waals surface area contributed by atoms with Crippen molar-refractivity contribution in [3.63, 3.8) is 0 Å². The maximum absolute atomic E-state index is 11.7. The summed E-state index contributed by atoms with van der Waals surface area (Å²) < 4.78 is 0. The average Bonchev–Trinajstić information content (AvgIpc) is 2.39. The number of phenolic OH excluding ortho intramolecular Hbond substituents is 1. The quantitative estimate of drug-likeness (QED) is 0.715. The monoisotopic (exact) mass is 250 g/mol. The summed E-state index contributed by atoms with van der Waals surface area (Å²) in [5.41, 5.74) is 0.873. The van der Waals surface area contributed by atoms with Crippen LogP contribution in [0, 0.1) is 0 Å². The number of carbonyl (C=O) groups excluding carboxylic acids is 2. The lowest BCUT2D eigenvalue weighted by molar-refractivity contribution is -0.128. The fourth-order valence-corrected chi connectivity index (χ4v) is 1.55. The molecule has 0 fully saturated rings. The number of hydrogen-bond donors (Lipinski definition) is 3. The Morgan fingerprint density at radius 3 is 2.39 bits per heavy atom. The fourth-order valence-electron chi connectivity index (χ4n) is 1.55. The maximum Gasteiger partial charge on any atom is 0.242 e. The first-order valence-electron chi connectivity index (χ1n) is 5.85. The van der Waals surface area contributed by atoms with E-state index in [1.165, 1.54) is 7.05 Å². The topological polar surface area (TPSA) is 78.4 Å². The van der Waals surface area contributed by atoms with E-state index in [9.17, 15) is 14.7 Å². The first-order valence-corrected chi connectivity index (χ1v) is 5.85. The van der Waals surface area contributed by atoms with Crippen LogP contribution >= 0.6 is 0 Å². The molecule has 98 valence electrons. The van der Waals surface area contributed by atoms with Crippen LogP contribution < -0.4 is 10.6 Å². The van der Waals surface area contributed by atoms with Crippen LogP contribution in [-0.4, -0.2) is 30.0 Å². The van der Waals surface area contributed by atoms with E-state index in [4.69, 9.17) is 0 Å². The average molecular weight is 250 g/mol. The molecule has 0 radical (unpaired) electrons. The lowest BCUT2D eigenvalue weighted by Crippen LogP contribution is -2.46. The summed E-state index contributed by atoms with van der Waals surface area (Å²) in [6, 6.07) is 5.97. The van der Waals surface area contributed by atoms with Crippen molar-refractivity contribution in [2.75, 3.05) is 7.05 Å². The van der Waals surface area contributed by atoms with Gasteiger partial charge in [-0.3, -0.25) is 9.59 Å². The minimum Gasteiger partial charge on any atom is -0.508 e. The molecule has 1 aromatic carbocycles. The third-order valence-corrected chi connectivity index (χ3v) is 2.60. The van der Waals surface area contributed by atoms with Gasteiger partial charge in [-0.15, -0.1) is 0 Å². The standard InChI is InChI=1S/C13H18N2O3/c1-3-12(17)15-11(13(18)14-2)8-9-4-6-10(16)7-5-9/h4-7,11,16H,3,8H2,1-2H3,(H,14,18)(H,15,17). The lowest BCUT2D eigenvalue weighted by atomic mass is 10.0. The number of amides is 2. The van der Waals surface area contributed by atoms with Gasteiger partial charge in [0.15, 0.2) is 0 Å². The van der Waals surface area contributed by atoms with Crippen LogP contribution in [-0.2, 0) is 16.0 Å². The molecule has 0 spiro atoms. The molecule has 5 nitrogen and oxygen atoms in total. The molecule has 0 aliphatic heterocycles. The predicted octanol–water partition coefficient (Wildman–Crippen LogP) is 0.575. The van der Waals surface area contributed by atoms with Gasteiger partial charge < -0.3 is 15.7 Å². The Balaban J connectivity index is 2.74. The summed E-state index contributed by atoms with van der Waals surface area (Å²) in [6.45, 7) is 1.73. The van der Waals surface area contributed by atoms with E-state index in [1.54, 1.807) is 31.2 Å². The van der Waals surface area contributed by atoms with Gasteiger partial charge in [0.05, 0.1) is 0 Å². The van der Waals surface area contributed by atoms with Crippen LogP contribution in [0.4, 0.5) is 0 Å². The Morgan fingerprint density at radius 2 is 1.89 bits per heavy atom. The third kappa shape index (κ3) is 4.08. The Labute approximate surface area is 106 Å². The summed E-state index contributed by atoms with van der Waals surface area (Å²) in [5, 5.41) is 14.4. The lowest BCUT2D eigenvalue weighted by Gasteiger charge is -2.17. The Morgan fingerprint density at radius 1 is 1.28 bits per heavy atom.